The molecule has 1 aromatic carbocycles. The number of urea groups is 1. The van der Waals surface area contributed by atoms with Gasteiger partial charge in [-0.1, -0.05) is 36.4 Å². The lowest BCUT2D eigenvalue weighted by atomic mass is 10.1. The molecule has 1 unspecified atom stereocenters. The molecular formula is C18H18N4O3. The van der Waals surface area contributed by atoms with Gasteiger partial charge in [0, 0.05) is 6.20 Å². The van der Waals surface area contributed by atoms with Crippen LogP contribution in [0.2, 0.25) is 0 Å². The molecular weight excluding hydrogens is 320 g/mol. The number of nitrogens with one attached hydrogen (secondary N) is 2. The van der Waals surface area contributed by atoms with Gasteiger partial charge >= 0.3 is 6.03 Å². The largest absolute Gasteiger partial charge is 0.350 e. The van der Waals surface area contributed by atoms with Crippen LogP contribution in [0.4, 0.5) is 4.79 Å². The molecule has 0 radical (unpaired) electrons. The van der Waals surface area contributed by atoms with Crippen LogP contribution in [0.5, 0.6) is 0 Å². The van der Waals surface area contributed by atoms with Crippen LogP contribution in [0.3, 0.4) is 0 Å². The van der Waals surface area contributed by atoms with Crippen molar-refractivity contribution >= 4 is 17.8 Å². The van der Waals surface area contributed by atoms with Crippen molar-refractivity contribution in [3.63, 3.8) is 0 Å². The molecule has 3 rings (SSSR count). The highest BCUT2D eigenvalue weighted by atomic mass is 16.2. The van der Waals surface area contributed by atoms with Gasteiger partial charge in [0.1, 0.15) is 6.04 Å². The Balaban J connectivity index is 1.54. The van der Waals surface area contributed by atoms with E-state index in [1.165, 1.54) is 0 Å². The highest BCUT2D eigenvalue weighted by molar-refractivity contribution is 6.05. The summed E-state index contributed by atoms with van der Waals surface area (Å²) in [7, 11) is 0. The minimum atomic E-state index is -0.833. The van der Waals surface area contributed by atoms with Crippen molar-refractivity contribution in [1.29, 1.82) is 0 Å². The first-order chi connectivity index (χ1) is 12.1. The highest BCUT2D eigenvalue weighted by Crippen LogP contribution is 2.14. The number of aromatic nitrogens is 1. The Bertz CT molecular complexity index is 764. The molecule has 1 atom stereocenters. The maximum atomic E-state index is 12.4. The molecule has 1 saturated heterocycles. The minimum absolute atomic E-state index is 0.0945. The quantitative estimate of drug-likeness (QED) is 0.775. The Hall–Kier alpha value is -3.22. The fraction of sp³-hybridized carbons (Fsp3) is 0.222. The van der Waals surface area contributed by atoms with Crippen molar-refractivity contribution in [1.82, 2.24) is 20.5 Å². The molecule has 0 aliphatic carbocycles. The third-order valence-corrected chi connectivity index (χ3v) is 3.87. The SMILES string of the molecule is O=C(CC1NC(=O)N(Cc2ccccc2)C1=O)NCc1ccccn1. The predicted molar refractivity (Wildman–Crippen MR) is 90.0 cm³/mol. The second-order valence-electron chi connectivity index (χ2n) is 5.71. The van der Waals surface area contributed by atoms with E-state index in [1.54, 1.807) is 18.3 Å². The van der Waals surface area contributed by atoms with E-state index in [2.05, 4.69) is 15.6 Å². The standard InChI is InChI=1S/C18H18N4O3/c23-16(20-11-14-8-4-5-9-19-14)10-15-17(24)22(18(25)21-15)12-13-6-2-1-3-7-13/h1-9,15H,10-12H2,(H,20,23)(H,21,25). The fourth-order valence-corrected chi connectivity index (χ4v) is 2.58. The third-order valence-electron chi connectivity index (χ3n) is 3.87. The van der Waals surface area contributed by atoms with Gasteiger partial charge in [0.2, 0.25) is 5.91 Å². The van der Waals surface area contributed by atoms with E-state index in [0.717, 1.165) is 16.2 Å². The van der Waals surface area contributed by atoms with Crippen LogP contribution in [0.15, 0.2) is 54.7 Å². The number of carbonyl (C=O) groups is 3. The summed E-state index contributed by atoms with van der Waals surface area (Å²) >= 11 is 0. The monoisotopic (exact) mass is 338 g/mol. The summed E-state index contributed by atoms with van der Waals surface area (Å²) in [6, 6.07) is 13.3. The van der Waals surface area contributed by atoms with Crippen molar-refractivity contribution in [2.75, 3.05) is 0 Å². The number of rotatable bonds is 6. The maximum absolute atomic E-state index is 12.4. The number of hydrogen-bond donors (Lipinski definition) is 2. The van der Waals surface area contributed by atoms with Crippen LogP contribution in [-0.4, -0.2) is 33.8 Å². The Morgan fingerprint density at radius 2 is 1.88 bits per heavy atom. The number of carbonyl (C=O) groups excluding carboxylic acids is 3. The van der Waals surface area contributed by atoms with Crippen LogP contribution in [-0.2, 0) is 22.7 Å². The highest BCUT2D eigenvalue weighted by Gasteiger charge is 2.38. The number of nitrogens with zero attached hydrogens (tertiary/aromatic N) is 2. The number of pyridine rings is 1. The van der Waals surface area contributed by atoms with Gasteiger partial charge in [0.05, 0.1) is 25.2 Å². The van der Waals surface area contributed by atoms with Crippen LogP contribution < -0.4 is 10.6 Å². The molecule has 2 N–H and O–H groups in total. The second-order valence-corrected chi connectivity index (χ2v) is 5.71. The molecule has 0 saturated carbocycles. The molecule has 2 aromatic rings. The molecule has 1 fully saturated rings. The van der Waals surface area contributed by atoms with Gasteiger partial charge in [-0.2, -0.15) is 0 Å². The smallest absolute Gasteiger partial charge is 0.325 e. The molecule has 0 spiro atoms. The van der Waals surface area contributed by atoms with Crippen LogP contribution in [0, 0.1) is 0 Å². The van der Waals surface area contributed by atoms with Crippen molar-refractivity contribution in [3.05, 3.63) is 66.0 Å². The van der Waals surface area contributed by atoms with Gasteiger partial charge in [-0.25, -0.2) is 4.79 Å². The van der Waals surface area contributed by atoms with Gasteiger partial charge in [0.25, 0.3) is 5.91 Å². The van der Waals surface area contributed by atoms with E-state index in [1.807, 2.05) is 36.4 Å². The fourth-order valence-electron chi connectivity index (χ4n) is 2.58. The lowest BCUT2D eigenvalue weighted by molar-refractivity contribution is -0.131. The first-order valence-corrected chi connectivity index (χ1v) is 7.96. The lowest BCUT2D eigenvalue weighted by Crippen LogP contribution is -2.36. The summed E-state index contributed by atoms with van der Waals surface area (Å²) in [4.78, 5) is 41.7. The average molecular weight is 338 g/mol. The van der Waals surface area contributed by atoms with E-state index >= 15 is 0 Å². The average Bonchev–Trinajstić information content (AvgIpc) is 2.89. The molecule has 128 valence electrons. The molecule has 2 heterocycles. The van der Waals surface area contributed by atoms with Gasteiger partial charge in [-0.3, -0.25) is 19.5 Å². The predicted octanol–water partition coefficient (Wildman–Crippen LogP) is 1.21. The van der Waals surface area contributed by atoms with Crippen molar-refractivity contribution in [3.8, 4) is 0 Å². The van der Waals surface area contributed by atoms with E-state index in [4.69, 9.17) is 0 Å². The molecule has 1 aliphatic rings. The summed E-state index contributed by atoms with van der Waals surface area (Å²) in [6.07, 6.45) is 1.55. The molecule has 4 amide bonds. The Labute approximate surface area is 145 Å². The Morgan fingerprint density at radius 3 is 2.60 bits per heavy atom. The summed E-state index contributed by atoms with van der Waals surface area (Å²) in [5.41, 5.74) is 1.58. The van der Waals surface area contributed by atoms with Crippen LogP contribution >= 0.6 is 0 Å². The molecule has 0 bridgehead atoms. The topological polar surface area (TPSA) is 91.4 Å². The number of amides is 4. The molecule has 7 nitrogen and oxygen atoms in total. The Kier molecular flexibility index (Phi) is 5.03. The van der Waals surface area contributed by atoms with Crippen LogP contribution in [0.25, 0.3) is 0 Å². The first kappa shape index (κ1) is 16.6. The number of imide groups is 1. The van der Waals surface area contributed by atoms with Gasteiger partial charge < -0.3 is 10.6 Å². The Morgan fingerprint density at radius 1 is 1.12 bits per heavy atom. The number of benzene rings is 1. The molecule has 7 heteroatoms. The molecule has 1 aromatic heterocycles. The summed E-state index contributed by atoms with van der Waals surface area (Å²) in [6.45, 7) is 0.472. The van der Waals surface area contributed by atoms with Gasteiger partial charge in [-0.05, 0) is 17.7 Å². The minimum Gasteiger partial charge on any atom is -0.350 e. The summed E-state index contributed by atoms with van der Waals surface area (Å²) in [5.74, 6) is -0.701. The second kappa shape index (κ2) is 7.57. The summed E-state index contributed by atoms with van der Waals surface area (Å²) < 4.78 is 0. The van der Waals surface area contributed by atoms with E-state index < -0.39 is 12.1 Å². The van der Waals surface area contributed by atoms with E-state index in [0.29, 0.717) is 0 Å². The summed E-state index contributed by atoms with van der Waals surface area (Å²) in [5, 5.41) is 5.27. The van der Waals surface area contributed by atoms with Crippen molar-refractivity contribution < 1.29 is 14.4 Å². The van der Waals surface area contributed by atoms with Crippen LogP contribution in [0.1, 0.15) is 17.7 Å². The number of hydrogen-bond acceptors (Lipinski definition) is 4. The van der Waals surface area contributed by atoms with Crippen molar-refractivity contribution in [2.24, 2.45) is 0 Å². The maximum Gasteiger partial charge on any atom is 0.325 e. The third kappa shape index (κ3) is 4.20. The zero-order valence-electron chi connectivity index (χ0n) is 13.5. The first-order valence-electron chi connectivity index (χ1n) is 7.96. The van der Waals surface area contributed by atoms with Gasteiger partial charge in [0.15, 0.2) is 0 Å². The zero-order valence-corrected chi connectivity index (χ0v) is 13.5. The normalized spacial score (nSPS) is 16.6. The van der Waals surface area contributed by atoms with E-state index in [9.17, 15) is 14.4 Å². The zero-order chi connectivity index (χ0) is 17.6. The molecule has 1 aliphatic heterocycles. The van der Waals surface area contributed by atoms with Gasteiger partial charge in [-0.15, -0.1) is 0 Å². The van der Waals surface area contributed by atoms with E-state index in [-0.39, 0.29) is 31.3 Å². The van der Waals surface area contributed by atoms with Crippen molar-refractivity contribution in [2.45, 2.75) is 25.6 Å². The lowest BCUT2D eigenvalue weighted by Gasteiger charge is -2.13. The molecule has 25 heavy (non-hydrogen) atoms.